The summed E-state index contributed by atoms with van der Waals surface area (Å²) in [5.74, 6) is -1.68. The standard InChI is InChI=1S/C16H10ClF3N2O2/c1-22(15(23)16(18,19)20)11-5-6-12-13(8-11)24-14(21-12)9-3-2-4-10(17)7-9/h2-8H,1H3. The Bertz CT molecular complexity index is 921. The molecule has 4 nitrogen and oxygen atoms in total. The van der Waals surface area contributed by atoms with Gasteiger partial charge in [-0.1, -0.05) is 17.7 Å². The van der Waals surface area contributed by atoms with Crippen LogP contribution in [0.4, 0.5) is 18.9 Å². The van der Waals surface area contributed by atoms with Crippen molar-refractivity contribution in [3.8, 4) is 11.5 Å². The van der Waals surface area contributed by atoms with Crippen LogP contribution < -0.4 is 4.90 Å². The van der Waals surface area contributed by atoms with Crippen LogP contribution in [0.5, 0.6) is 0 Å². The largest absolute Gasteiger partial charge is 0.471 e. The van der Waals surface area contributed by atoms with E-state index in [9.17, 15) is 18.0 Å². The van der Waals surface area contributed by atoms with Gasteiger partial charge in [0.1, 0.15) is 5.52 Å². The van der Waals surface area contributed by atoms with Gasteiger partial charge in [0.25, 0.3) is 0 Å². The molecule has 0 radical (unpaired) electrons. The maximum atomic E-state index is 12.5. The van der Waals surface area contributed by atoms with E-state index >= 15 is 0 Å². The molecular formula is C16H10ClF3N2O2. The SMILES string of the molecule is CN(C(=O)C(F)(F)F)c1ccc2nc(-c3cccc(Cl)c3)oc2c1. The molecule has 2 aromatic carbocycles. The number of oxazole rings is 1. The molecule has 0 N–H and O–H groups in total. The predicted octanol–water partition coefficient (Wildman–Crippen LogP) is 4.67. The highest BCUT2D eigenvalue weighted by atomic mass is 35.5. The molecule has 0 aliphatic rings. The van der Waals surface area contributed by atoms with E-state index in [4.69, 9.17) is 16.0 Å². The number of halogens is 4. The predicted molar refractivity (Wildman–Crippen MR) is 83.9 cm³/mol. The lowest BCUT2D eigenvalue weighted by Crippen LogP contribution is -2.38. The van der Waals surface area contributed by atoms with Crippen molar-refractivity contribution in [1.82, 2.24) is 4.98 Å². The van der Waals surface area contributed by atoms with E-state index in [0.29, 0.717) is 21.0 Å². The summed E-state index contributed by atoms with van der Waals surface area (Å²) < 4.78 is 43.1. The third kappa shape index (κ3) is 3.07. The molecule has 3 aromatic rings. The number of alkyl halides is 3. The summed E-state index contributed by atoms with van der Waals surface area (Å²) in [5, 5.41) is 0.506. The molecule has 0 aliphatic carbocycles. The molecule has 1 amide bonds. The first kappa shape index (κ1) is 16.3. The summed E-state index contributed by atoms with van der Waals surface area (Å²) in [4.78, 5) is 16.1. The van der Waals surface area contributed by atoms with E-state index in [2.05, 4.69) is 4.98 Å². The Morgan fingerprint density at radius 2 is 1.96 bits per heavy atom. The first-order valence-electron chi connectivity index (χ1n) is 6.77. The van der Waals surface area contributed by atoms with Crippen LogP contribution in [0.25, 0.3) is 22.6 Å². The molecule has 0 saturated heterocycles. The van der Waals surface area contributed by atoms with Crippen LogP contribution in [0, 0.1) is 0 Å². The van der Waals surface area contributed by atoms with Gasteiger partial charge < -0.3 is 9.32 Å². The quantitative estimate of drug-likeness (QED) is 0.671. The number of carbonyl (C=O) groups is 1. The number of aromatic nitrogens is 1. The van der Waals surface area contributed by atoms with Gasteiger partial charge in [-0.2, -0.15) is 13.2 Å². The topological polar surface area (TPSA) is 46.3 Å². The molecule has 1 aromatic heterocycles. The Kier molecular flexibility index (Phi) is 3.96. The fourth-order valence-electron chi connectivity index (χ4n) is 2.17. The zero-order chi connectivity index (χ0) is 17.5. The molecule has 0 unspecified atom stereocenters. The number of carbonyl (C=O) groups excluding carboxylic acids is 1. The number of hydrogen-bond acceptors (Lipinski definition) is 3. The second-order valence-corrected chi connectivity index (χ2v) is 5.48. The highest BCUT2D eigenvalue weighted by Gasteiger charge is 2.41. The first-order chi connectivity index (χ1) is 11.3. The molecule has 24 heavy (non-hydrogen) atoms. The van der Waals surface area contributed by atoms with Gasteiger partial charge in [0.05, 0.1) is 0 Å². The second-order valence-electron chi connectivity index (χ2n) is 5.04. The van der Waals surface area contributed by atoms with Gasteiger partial charge >= 0.3 is 12.1 Å². The normalized spacial score (nSPS) is 11.7. The number of amides is 1. The zero-order valence-electron chi connectivity index (χ0n) is 12.3. The third-order valence-electron chi connectivity index (χ3n) is 3.38. The monoisotopic (exact) mass is 354 g/mol. The van der Waals surface area contributed by atoms with Crippen molar-refractivity contribution in [2.75, 3.05) is 11.9 Å². The Morgan fingerprint density at radius 3 is 2.62 bits per heavy atom. The zero-order valence-corrected chi connectivity index (χ0v) is 13.0. The average molecular weight is 355 g/mol. The number of benzene rings is 2. The summed E-state index contributed by atoms with van der Waals surface area (Å²) in [6.45, 7) is 0. The molecule has 8 heteroatoms. The Hall–Kier alpha value is -2.54. The van der Waals surface area contributed by atoms with Gasteiger partial charge in [0, 0.05) is 29.4 Å². The molecule has 0 fully saturated rings. The summed E-state index contributed by atoms with van der Waals surface area (Å²) in [5.41, 5.74) is 1.42. The van der Waals surface area contributed by atoms with Crippen LogP contribution in [0.2, 0.25) is 5.02 Å². The lowest BCUT2D eigenvalue weighted by molar-refractivity contribution is -0.170. The van der Waals surface area contributed by atoms with Crippen molar-refractivity contribution in [1.29, 1.82) is 0 Å². The van der Waals surface area contributed by atoms with Gasteiger partial charge in [0.2, 0.25) is 5.89 Å². The molecule has 124 valence electrons. The number of nitrogens with zero attached hydrogens (tertiary/aromatic N) is 2. The molecule has 1 heterocycles. The first-order valence-corrected chi connectivity index (χ1v) is 7.15. The van der Waals surface area contributed by atoms with E-state index < -0.39 is 12.1 Å². The average Bonchev–Trinajstić information content (AvgIpc) is 2.95. The molecule has 0 aliphatic heterocycles. The van der Waals surface area contributed by atoms with Crippen molar-refractivity contribution in [2.45, 2.75) is 6.18 Å². The minimum atomic E-state index is -4.95. The molecular weight excluding hydrogens is 345 g/mol. The summed E-state index contributed by atoms with van der Waals surface area (Å²) in [6.07, 6.45) is -4.95. The lowest BCUT2D eigenvalue weighted by Gasteiger charge is -2.18. The Labute approximate surface area is 139 Å². The van der Waals surface area contributed by atoms with Crippen LogP contribution in [-0.2, 0) is 4.79 Å². The Morgan fingerprint density at radius 1 is 1.21 bits per heavy atom. The van der Waals surface area contributed by atoms with Gasteiger partial charge in [0.15, 0.2) is 5.58 Å². The smallest absolute Gasteiger partial charge is 0.436 e. The molecule has 0 saturated carbocycles. The van der Waals surface area contributed by atoms with Crippen LogP contribution in [-0.4, -0.2) is 24.1 Å². The van der Waals surface area contributed by atoms with Crippen molar-refractivity contribution >= 4 is 34.3 Å². The molecule has 0 atom stereocenters. The van der Waals surface area contributed by atoms with E-state index in [0.717, 1.165) is 7.05 Å². The highest BCUT2D eigenvalue weighted by Crippen LogP contribution is 2.29. The van der Waals surface area contributed by atoms with Crippen molar-refractivity contribution in [3.05, 3.63) is 47.5 Å². The summed E-state index contributed by atoms with van der Waals surface area (Å²) >= 11 is 5.92. The summed E-state index contributed by atoms with van der Waals surface area (Å²) in [7, 11) is 1.05. The van der Waals surface area contributed by atoms with Gasteiger partial charge in [-0.25, -0.2) is 4.98 Å². The molecule has 3 rings (SSSR count). The van der Waals surface area contributed by atoms with Crippen molar-refractivity contribution < 1.29 is 22.4 Å². The fraction of sp³-hybridized carbons (Fsp3) is 0.125. The van der Waals surface area contributed by atoms with Crippen molar-refractivity contribution in [3.63, 3.8) is 0 Å². The van der Waals surface area contributed by atoms with E-state index in [-0.39, 0.29) is 17.2 Å². The maximum Gasteiger partial charge on any atom is 0.471 e. The van der Waals surface area contributed by atoms with E-state index in [1.165, 1.54) is 18.2 Å². The van der Waals surface area contributed by atoms with Gasteiger partial charge in [-0.15, -0.1) is 0 Å². The minimum Gasteiger partial charge on any atom is -0.436 e. The van der Waals surface area contributed by atoms with Crippen LogP contribution in [0.1, 0.15) is 0 Å². The number of anilines is 1. The molecule has 0 spiro atoms. The third-order valence-corrected chi connectivity index (χ3v) is 3.61. The van der Waals surface area contributed by atoms with Crippen LogP contribution >= 0.6 is 11.6 Å². The maximum absolute atomic E-state index is 12.5. The van der Waals surface area contributed by atoms with Gasteiger partial charge in [-0.05, 0) is 30.3 Å². The summed E-state index contributed by atoms with van der Waals surface area (Å²) in [6, 6.07) is 11.0. The number of rotatable bonds is 2. The van der Waals surface area contributed by atoms with Crippen LogP contribution in [0.3, 0.4) is 0 Å². The minimum absolute atomic E-state index is 0.0543. The fourth-order valence-corrected chi connectivity index (χ4v) is 2.36. The van der Waals surface area contributed by atoms with E-state index in [1.807, 2.05) is 0 Å². The second kappa shape index (κ2) is 5.83. The highest BCUT2D eigenvalue weighted by molar-refractivity contribution is 6.30. The number of hydrogen-bond donors (Lipinski definition) is 0. The molecule has 0 bridgehead atoms. The van der Waals surface area contributed by atoms with Gasteiger partial charge in [-0.3, -0.25) is 4.79 Å². The van der Waals surface area contributed by atoms with Crippen molar-refractivity contribution in [2.24, 2.45) is 0 Å². The van der Waals surface area contributed by atoms with E-state index in [1.54, 1.807) is 24.3 Å². The Balaban J connectivity index is 1.99. The van der Waals surface area contributed by atoms with Crippen LogP contribution in [0.15, 0.2) is 46.9 Å². The lowest BCUT2D eigenvalue weighted by atomic mass is 10.2. The number of fused-ring (bicyclic) bond motifs is 1.